The maximum atomic E-state index is 13.4. The summed E-state index contributed by atoms with van der Waals surface area (Å²) in [6.45, 7) is 3.25. The summed E-state index contributed by atoms with van der Waals surface area (Å²) in [4.78, 5) is 13.8. The average molecular weight is 527 g/mol. The number of anilines is 1. The van der Waals surface area contributed by atoms with Gasteiger partial charge in [0.05, 0.1) is 29.0 Å². The second kappa shape index (κ2) is 9.85. The van der Waals surface area contributed by atoms with Crippen molar-refractivity contribution in [1.82, 2.24) is 0 Å². The fourth-order valence-corrected chi connectivity index (χ4v) is 4.44. The smallest absolute Gasteiger partial charge is 0.416 e. The summed E-state index contributed by atoms with van der Waals surface area (Å²) in [5, 5.41) is 0. The number of fused-ring (bicyclic) bond motifs is 1. The third-order valence-corrected chi connectivity index (χ3v) is 6.04. The minimum absolute atomic E-state index is 0.00257. The van der Waals surface area contributed by atoms with Gasteiger partial charge in [-0.05, 0) is 79.6 Å². The SMILES string of the molecule is CCOC(=O)N1c2ccc(C(F)(F)F)cc2[C@@H](Cc2cc(C(F)(F)F)cc(C(F)(F)F)c2)C[C@H]1CC. The fraction of sp³-hybridized carbons (Fsp3) is 0.458. The summed E-state index contributed by atoms with van der Waals surface area (Å²) < 4.78 is 125. The van der Waals surface area contributed by atoms with Crippen LogP contribution >= 0.6 is 0 Å². The quantitative estimate of drug-likeness (QED) is 0.375. The molecule has 1 aliphatic heterocycles. The van der Waals surface area contributed by atoms with Gasteiger partial charge < -0.3 is 4.74 Å². The lowest BCUT2D eigenvalue weighted by Crippen LogP contribution is -2.45. The number of carbonyl (C=O) groups excluding carboxylic acids is 1. The molecule has 2 atom stereocenters. The van der Waals surface area contributed by atoms with E-state index in [-0.39, 0.29) is 35.9 Å². The van der Waals surface area contributed by atoms with Crippen LogP contribution in [-0.2, 0) is 29.7 Å². The molecule has 0 aliphatic carbocycles. The molecule has 0 saturated heterocycles. The molecule has 0 N–H and O–H groups in total. The average Bonchev–Trinajstić information content (AvgIpc) is 2.76. The molecule has 0 aromatic heterocycles. The van der Waals surface area contributed by atoms with Crippen LogP contribution in [0.15, 0.2) is 36.4 Å². The summed E-state index contributed by atoms with van der Waals surface area (Å²) >= 11 is 0. The van der Waals surface area contributed by atoms with Crippen LogP contribution in [0.4, 0.5) is 50.0 Å². The lowest BCUT2D eigenvalue weighted by molar-refractivity contribution is -0.143. The predicted octanol–water partition coefficient (Wildman–Crippen LogP) is 8.21. The molecule has 0 bridgehead atoms. The third kappa shape index (κ3) is 5.89. The van der Waals surface area contributed by atoms with Crippen LogP contribution in [0.3, 0.4) is 0 Å². The molecular formula is C24H22F9NO2. The Kier molecular flexibility index (Phi) is 7.57. The van der Waals surface area contributed by atoms with Gasteiger partial charge in [-0.15, -0.1) is 0 Å². The number of benzene rings is 2. The zero-order valence-electron chi connectivity index (χ0n) is 19.1. The molecule has 0 unspecified atom stereocenters. The summed E-state index contributed by atoms with van der Waals surface area (Å²) in [5.41, 5.74) is -4.32. The highest BCUT2D eigenvalue weighted by Gasteiger charge is 2.40. The molecule has 2 aromatic carbocycles. The van der Waals surface area contributed by atoms with Gasteiger partial charge in [0, 0.05) is 6.04 Å². The standard InChI is InChI=1S/C24H22F9NO2/c1-3-18-10-14(7-13-8-16(23(28,29)30)11-17(9-13)24(31,32)33)19-12-15(22(25,26)27)5-6-20(19)34(18)21(35)36-4-2/h5-6,8-9,11-12,14,18H,3-4,7,10H2,1-2H3/t14-,18+/m0/s1. The summed E-state index contributed by atoms with van der Waals surface area (Å²) in [5.74, 6) is -0.887. The molecule has 0 spiro atoms. The number of ether oxygens (including phenoxy) is 1. The highest BCUT2D eigenvalue weighted by molar-refractivity contribution is 5.90. The monoisotopic (exact) mass is 527 g/mol. The van der Waals surface area contributed by atoms with E-state index in [2.05, 4.69) is 0 Å². The number of amides is 1. The molecule has 36 heavy (non-hydrogen) atoms. The number of halogens is 9. The van der Waals surface area contributed by atoms with Gasteiger partial charge in [-0.25, -0.2) is 4.79 Å². The minimum atomic E-state index is -5.06. The van der Waals surface area contributed by atoms with E-state index in [1.807, 2.05) is 0 Å². The highest BCUT2D eigenvalue weighted by Crippen LogP contribution is 2.45. The van der Waals surface area contributed by atoms with Crippen molar-refractivity contribution in [2.75, 3.05) is 11.5 Å². The van der Waals surface area contributed by atoms with Crippen LogP contribution in [0.2, 0.25) is 0 Å². The van der Waals surface area contributed by atoms with Crippen molar-refractivity contribution in [3.8, 4) is 0 Å². The Labute approximate surface area is 200 Å². The van der Waals surface area contributed by atoms with Crippen molar-refractivity contribution < 1.29 is 49.0 Å². The lowest BCUT2D eigenvalue weighted by atomic mass is 9.80. The molecule has 3 rings (SSSR count). The van der Waals surface area contributed by atoms with Gasteiger partial charge in [0.2, 0.25) is 0 Å². The van der Waals surface area contributed by atoms with Crippen molar-refractivity contribution >= 4 is 11.8 Å². The minimum Gasteiger partial charge on any atom is -0.449 e. The number of nitrogens with zero attached hydrogens (tertiary/aromatic N) is 1. The molecule has 0 fully saturated rings. The first-order valence-electron chi connectivity index (χ1n) is 11.0. The first kappa shape index (κ1) is 27.7. The van der Waals surface area contributed by atoms with E-state index in [4.69, 9.17) is 4.74 Å². The van der Waals surface area contributed by atoms with E-state index < -0.39 is 59.7 Å². The summed E-state index contributed by atoms with van der Waals surface area (Å²) in [6, 6.07) is 3.19. The second-order valence-electron chi connectivity index (χ2n) is 8.45. The summed E-state index contributed by atoms with van der Waals surface area (Å²) in [6.07, 6.45) is -15.7. The molecule has 1 amide bonds. The first-order valence-corrected chi connectivity index (χ1v) is 11.0. The first-order chi connectivity index (χ1) is 16.6. The number of hydrogen-bond acceptors (Lipinski definition) is 2. The number of carbonyl (C=O) groups is 1. The Morgan fingerprint density at radius 1 is 0.861 bits per heavy atom. The van der Waals surface area contributed by atoms with Crippen LogP contribution in [0.5, 0.6) is 0 Å². The van der Waals surface area contributed by atoms with Gasteiger partial charge in [-0.3, -0.25) is 4.90 Å². The Morgan fingerprint density at radius 3 is 1.89 bits per heavy atom. The molecule has 1 aliphatic rings. The van der Waals surface area contributed by atoms with E-state index >= 15 is 0 Å². The van der Waals surface area contributed by atoms with E-state index in [1.165, 1.54) is 4.90 Å². The fourth-order valence-electron chi connectivity index (χ4n) is 4.44. The van der Waals surface area contributed by atoms with E-state index in [9.17, 15) is 44.3 Å². The molecule has 3 nitrogen and oxygen atoms in total. The van der Waals surface area contributed by atoms with Crippen LogP contribution in [0.1, 0.15) is 60.4 Å². The number of rotatable bonds is 4. The van der Waals surface area contributed by atoms with Crippen molar-refractivity contribution in [3.63, 3.8) is 0 Å². The predicted molar refractivity (Wildman–Crippen MR) is 113 cm³/mol. The maximum Gasteiger partial charge on any atom is 0.416 e. The Bertz CT molecular complexity index is 1070. The number of alkyl halides is 9. The van der Waals surface area contributed by atoms with Gasteiger partial charge >= 0.3 is 24.6 Å². The molecular weight excluding hydrogens is 505 g/mol. The Balaban J connectivity index is 2.15. The molecule has 12 heteroatoms. The Morgan fingerprint density at radius 2 is 1.42 bits per heavy atom. The van der Waals surface area contributed by atoms with E-state index in [0.29, 0.717) is 18.6 Å². The zero-order chi connectivity index (χ0) is 27.1. The normalized spacial score (nSPS) is 18.7. The van der Waals surface area contributed by atoms with Gasteiger partial charge in [-0.1, -0.05) is 6.92 Å². The molecule has 0 saturated carbocycles. The summed E-state index contributed by atoms with van der Waals surface area (Å²) in [7, 11) is 0. The van der Waals surface area contributed by atoms with Crippen molar-refractivity contribution in [1.29, 1.82) is 0 Å². The topological polar surface area (TPSA) is 29.5 Å². The molecule has 2 aromatic rings. The molecule has 198 valence electrons. The molecule has 0 radical (unpaired) electrons. The van der Waals surface area contributed by atoms with Gasteiger partial charge in [0.25, 0.3) is 0 Å². The molecule has 1 heterocycles. The van der Waals surface area contributed by atoms with E-state index in [1.54, 1.807) is 13.8 Å². The van der Waals surface area contributed by atoms with Crippen LogP contribution in [0, 0.1) is 0 Å². The van der Waals surface area contributed by atoms with Crippen molar-refractivity contribution in [3.05, 3.63) is 64.2 Å². The van der Waals surface area contributed by atoms with E-state index in [0.717, 1.165) is 18.2 Å². The zero-order valence-corrected chi connectivity index (χ0v) is 19.1. The Hall–Kier alpha value is -2.92. The second-order valence-corrected chi connectivity index (χ2v) is 8.45. The van der Waals surface area contributed by atoms with Gasteiger partial charge in [0.1, 0.15) is 0 Å². The van der Waals surface area contributed by atoms with Crippen molar-refractivity contribution in [2.45, 2.75) is 63.6 Å². The third-order valence-electron chi connectivity index (χ3n) is 6.04. The van der Waals surface area contributed by atoms with Gasteiger partial charge in [0.15, 0.2) is 0 Å². The largest absolute Gasteiger partial charge is 0.449 e. The van der Waals surface area contributed by atoms with Crippen LogP contribution < -0.4 is 4.90 Å². The van der Waals surface area contributed by atoms with Crippen molar-refractivity contribution in [2.24, 2.45) is 0 Å². The highest BCUT2D eigenvalue weighted by atomic mass is 19.4. The van der Waals surface area contributed by atoms with Crippen LogP contribution in [0.25, 0.3) is 0 Å². The number of hydrogen-bond donors (Lipinski definition) is 0. The lowest BCUT2D eigenvalue weighted by Gasteiger charge is -2.40. The van der Waals surface area contributed by atoms with Gasteiger partial charge in [-0.2, -0.15) is 39.5 Å². The van der Waals surface area contributed by atoms with Crippen LogP contribution in [-0.4, -0.2) is 18.7 Å². The maximum absolute atomic E-state index is 13.4.